The second-order valence-corrected chi connectivity index (χ2v) is 4.58. The Morgan fingerprint density at radius 2 is 2.17 bits per heavy atom. The third-order valence-corrected chi connectivity index (χ3v) is 2.93. The van der Waals surface area contributed by atoms with Crippen LogP contribution in [-0.2, 0) is 6.54 Å². The molecule has 0 radical (unpaired) electrons. The van der Waals surface area contributed by atoms with E-state index < -0.39 is 0 Å². The molecule has 23 heavy (non-hydrogen) atoms. The average Bonchev–Trinajstić information content (AvgIpc) is 2.98. The van der Waals surface area contributed by atoms with Crippen molar-refractivity contribution in [2.24, 2.45) is 4.99 Å². The molecule has 1 heterocycles. The Morgan fingerprint density at radius 3 is 2.78 bits per heavy atom. The molecule has 124 valence electrons. The predicted octanol–water partition coefficient (Wildman–Crippen LogP) is 1.97. The molecule has 0 fully saturated rings. The van der Waals surface area contributed by atoms with Gasteiger partial charge in [-0.05, 0) is 26.0 Å². The van der Waals surface area contributed by atoms with Crippen molar-refractivity contribution in [2.45, 2.75) is 20.4 Å². The van der Waals surface area contributed by atoms with Crippen LogP contribution < -0.4 is 20.1 Å². The molecule has 0 aliphatic carbocycles. The number of anilines is 1. The monoisotopic (exact) mass is 319 g/mol. The fraction of sp³-hybridized carbons (Fsp3) is 0.400. The lowest BCUT2D eigenvalue weighted by atomic mass is 10.2. The lowest BCUT2D eigenvalue weighted by molar-refractivity contribution is 0.311. The summed E-state index contributed by atoms with van der Waals surface area (Å²) in [5.74, 6) is 3.02. The third-order valence-electron chi connectivity index (χ3n) is 2.93. The molecule has 2 aromatic rings. The van der Waals surface area contributed by atoms with Crippen LogP contribution in [0.2, 0.25) is 0 Å². The second-order valence-electron chi connectivity index (χ2n) is 4.58. The molecule has 0 spiro atoms. The first kappa shape index (κ1) is 16.6. The van der Waals surface area contributed by atoms with E-state index in [4.69, 9.17) is 14.0 Å². The zero-order valence-corrected chi connectivity index (χ0v) is 13.7. The van der Waals surface area contributed by atoms with Crippen LogP contribution in [-0.4, -0.2) is 36.9 Å². The maximum atomic E-state index is 5.50. The minimum absolute atomic E-state index is 0.384. The van der Waals surface area contributed by atoms with Gasteiger partial charge in [0.2, 0.25) is 5.89 Å². The minimum atomic E-state index is 0.384. The summed E-state index contributed by atoms with van der Waals surface area (Å²) in [4.78, 5) is 8.28. The molecule has 0 aliphatic rings. The standard InChI is InChI=1S/C15H21N5O3/c1-5-22-12-7-6-11(8-13(12)21-4)19-15(16-3)17-9-14-18-10(2)20-23-14/h6-8H,5,9H2,1-4H3,(H2,16,17,19). The lowest BCUT2D eigenvalue weighted by Gasteiger charge is -2.13. The lowest BCUT2D eigenvalue weighted by Crippen LogP contribution is -2.30. The largest absolute Gasteiger partial charge is 0.493 e. The highest BCUT2D eigenvalue weighted by atomic mass is 16.5. The number of benzene rings is 1. The highest BCUT2D eigenvalue weighted by Gasteiger charge is 2.08. The Bertz CT molecular complexity index is 669. The quantitative estimate of drug-likeness (QED) is 0.621. The van der Waals surface area contributed by atoms with E-state index >= 15 is 0 Å². The highest BCUT2D eigenvalue weighted by molar-refractivity contribution is 5.93. The minimum Gasteiger partial charge on any atom is -0.493 e. The van der Waals surface area contributed by atoms with E-state index in [2.05, 4.69) is 25.8 Å². The molecule has 1 aromatic carbocycles. The normalized spacial score (nSPS) is 11.2. The number of nitrogens with one attached hydrogen (secondary N) is 2. The van der Waals surface area contributed by atoms with Gasteiger partial charge in [-0.25, -0.2) is 0 Å². The summed E-state index contributed by atoms with van der Waals surface area (Å²) in [6.45, 7) is 4.66. The number of nitrogens with zero attached hydrogens (tertiary/aromatic N) is 3. The van der Waals surface area contributed by atoms with Gasteiger partial charge < -0.3 is 24.6 Å². The smallest absolute Gasteiger partial charge is 0.246 e. The van der Waals surface area contributed by atoms with Gasteiger partial charge in [0.1, 0.15) is 0 Å². The Balaban J connectivity index is 2.01. The number of ether oxygens (including phenoxy) is 2. The van der Waals surface area contributed by atoms with E-state index in [0.29, 0.717) is 42.3 Å². The first-order valence-corrected chi connectivity index (χ1v) is 7.24. The van der Waals surface area contributed by atoms with Crippen molar-refractivity contribution in [2.75, 3.05) is 26.1 Å². The van der Waals surface area contributed by atoms with E-state index in [9.17, 15) is 0 Å². The summed E-state index contributed by atoms with van der Waals surface area (Å²) < 4.78 is 15.9. The van der Waals surface area contributed by atoms with Crippen molar-refractivity contribution in [1.29, 1.82) is 0 Å². The van der Waals surface area contributed by atoms with Gasteiger partial charge in [-0.2, -0.15) is 4.98 Å². The van der Waals surface area contributed by atoms with Crippen molar-refractivity contribution in [3.8, 4) is 11.5 Å². The molecule has 1 aromatic heterocycles. The first-order chi connectivity index (χ1) is 11.2. The first-order valence-electron chi connectivity index (χ1n) is 7.24. The van der Waals surface area contributed by atoms with E-state index in [1.54, 1.807) is 21.1 Å². The molecule has 0 atom stereocenters. The molecule has 0 unspecified atom stereocenters. The SMILES string of the molecule is CCOc1ccc(NC(=NC)NCc2nc(C)no2)cc1OC. The molecular weight excluding hydrogens is 298 g/mol. The van der Waals surface area contributed by atoms with Crippen molar-refractivity contribution >= 4 is 11.6 Å². The highest BCUT2D eigenvalue weighted by Crippen LogP contribution is 2.30. The maximum Gasteiger partial charge on any atom is 0.246 e. The molecule has 8 nitrogen and oxygen atoms in total. The van der Waals surface area contributed by atoms with Gasteiger partial charge in [0.05, 0.1) is 20.3 Å². The molecule has 0 aliphatic heterocycles. The number of aromatic nitrogens is 2. The topological polar surface area (TPSA) is 93.8 Å². The van der Waals surface area contributed by atoms with Crippen LogP contribution in [0.4, 0.5) is 5.69 Å². The van der Waals surface area contributed by atoms with Gasteiger partial charge in [-0.15, -0.1) is 0 Å². The van der Waals surface area contributed by atoms with Gasteiger partial charge >= 0.3 is 0 Å². The number of aliphatic imine (C=N–C) groups is 1. The molecule has 0 saturated carbocycles. The summed E-state index contributed by atoms with van der Waals surface area (Å²) in [7, 11) is 3.28. The maximum absolute atomic E-state index is 5.50. The number of guanidine groups is 1. The van der Waals surface area contributed by atoms with Crippen LogP contribution in [0.5, 0.6) is 11.5 Å². The van der Waals surface area contributed by atoms with Crippen molar-refractivity contribution in [1.82, 2.24) is 15.5 Å². The van der Waals surface area contributed by atoms with Crippen LogP contribution in [0, 0.1) is 6.92 Å². The van der Waals surface area contributed by atoms with Crippen molar-refractivity contribution < 1.29 is 14.0 Å². The third kappa shape index (κ3) is 4.60. The number of hydrogen-bond acceptors (Lipinski definition) is 6. The van der Waals surface area contributed by atoms with Gasteiger partial charge in [-0.3, -0.25) is 4.99 Å². The van der Waals surface area contributed by atoms with Crippen LogP contribution >= 0.6 is 0 Å². The van der Waals surface area contributed by atoms with Gasteiger partial charge in [-0.1, -0.05) is 5.16 Å². The summed E-state index contributed by atoms with van der Waals surface area (Å²) in [5.41, 5.74) is 0.820. The molecule has 0 bridgehead atoms. The molecular formula is C15H21N5O3. The van der Waals surface area contributed by atoms with Gasteiger partial charge in [0, 0.05) is 18.8 Å². The van der Waals surface area contributed by atoms with Crippen LogP contribution in [0.25, 0.3) is 0 Å². The predicted molar refractivity (Wildman–Crippen MR) is 87.0 cm³/mol. The van der Waals surface area contributed by atoms with E-state index in [1.807, 2.05) is 25.1 Å². The summed E-state index contributed by atoms with van der Waals surface area (Å²) in [6, 6.07) is 5.57. The Morgan fingerprint density at radius 1 is 1.35 bits per heavy atom. The van der Waals surface area contributed by atoms with Gasteiger partial charge in [0.25, 0.3) is 0 Å². The molecule has 0 saturated heterocycles. The summed E-state index contributed by atoms with van der Waals surface area (Å²) >= 11 is 0. The fourth-order valence-corrected chi connectivity index (χ4v) is 1.91. The second kappa shape index (κ2) is 8.02. The zero-order valence-electron chi connectivity index (χ0n) is 13.7. The average molecular weight is 319 g/mol. The van der Waals surface area contributed by atoms with Crippen LogP contribution in [0.3, 0.4) is 0 Å². The number of hydrogen-bond donors (Lipinski definition) is 2. The number of aryl methyl sites for hydroxylation is 1. The summed E-state index contributed by atoms with van der Waals surface area (Å²) in [5, 5.41) is 10.00. The number of rotatable bonds is 6. The fourth-order valence-electron chi connectivity index (χ4n) is 1.91. The van der Waals surface area contributed by atoms with Crippen LogP contribution in [0.15, 0.2) is 27.7 Å². The Labute approximate surface area is 134 Å². The van der Waals surface area contributed by atoms with Crippen molar-refractivity contribution in [3.63, 3.8) is 0 Å². The Hall–Kier alpha value is -2.77. The summed E-state index contributed by atoms with van der Waals surface area (Å²) in [6.07, 6.45) is 0. The van der Waals surface area contributed by atoms with E-state index in [1.165, 1.54) is 0 Å². The molecule has 0 amide bonds. The van der Waals surface area contributed by atoms with E-state index in [0.717, 1.165) is 5.69 Å². The van der Waals surface area contributed by atoms with E-state index in [-0.39, 0.29) is 0 Å². The molecule has 8 heteroatoms. The van der Waals surface area contributed by atoms with Crippen LogP contribution in [0.1, 0.15) is 18.6 Å². The van der Waals surface area contributed by atoms with Gasteiger partial charge in [0.15, 0.2) is 23.3 Å². The van der Waals surface area contributed by atoms with Crippen molar-refractivity contribution in [3.05, 3.63) is 29.9 Å². The molecule has 2 rings (SSSR count). The molecule has 2 N–H and O–H groups in total. The zero-order chi connectivity index (χ0) is 16.7. The Kier molecular flexibility index (Phi) is 5.79. The number of methoxy groups -OCH3 is 1.